The van der Waals surface area contributed by atoms with Gasteiger partial charge in [0.25, 0.3) is 0 Å². The molecule has 0 aromatic rings. The van der Waals surface area contributed by atoms with Gasteiger partial charge in [0, 0.05) is 5.92 Å². The van der Waals surface area contributed by atoms with Crippen molar-refractivity contribution in [1.29, 1.82) is 0 Å². The van der Waals surface area contributed by atoms with Gasteiger partial charge in [-0.2, -0.15) is 0 Å². The van der Waals surface area contributed by atoms with Gasteiger partial charge in [0.2, 0.25) is 5.91 Å². The van der Waals surface area contributed by atoms with E-state index in [0.717, 1.165) is 24.7 Å². The molecule has 146 valence electrons. The average molecular weight is 351 g/mol. The van der Waals surface area contributed by atoms with Gasteiger partial charge in [-0.15, -0.1) is 0 Å². The highest BCUT2D eigenvalue weighted by molar-refractivity contribution is 5.77. The molecule has 3 nitrogen and oxygen atoms in total. The molecule has 25 heavy (non-hydrogen) atoms. The van der Waals surface area contributed by atoms with Crippen LogP contribution in [0.2, 0.25) is 0 Å². The van der Waals surface area contributed by atoms with Crippen molar-refractivity contribution in [2.45, 2.75) is 116 Å². The van der Waals surface area contributed by atoms with Gasteiger partial charge in [0.15, 0.2) is 0 Å². The lowest BCUT2D eigenvalue weighted by molar-refractivity contribution is -0.125. The Morgan fingerprint density at radius 1 is 0.560 bits per heavy atom. The van der Waals surface area contributed by atoms with Gasteiger partial charge in [-0.05, 0) is 24.7 Å². The molecule has 0 aromatic carbocycles. The summed E-state index contributed by atoms with van der Waals surface area (Å²) in [5, 5.41) is 0. The zero-order valence-corrected chi connectivity index (χ0v) is 16.4. The minimum absolute atomic E-state index is 0.0643. The molecule has 3 heteroatoms. The van der Waals surface area contributed by atoms with Crippen molar-refractivity contribution in [3.8, 4) is 0 Å². The van der Waals surface area contributed by atoms with Crippen LogP contribution in [0.4, 0.5) is 0 Å². The molecule has 2 saturated carbocycles. The van der Waals surface area contributed by atoms with E-state index in [0.29, 0.717) is 0 Å². The van der Waals surface area contributed by atoms with Crippen molar-refractivity contribution < 1.29 is 4.79 Å². The fraction of sp³-hybridized carbons (Fsp3) is 0.955. The smallest absolute Gasteiger partial charge is 0.236 e. The van der Waals surface area contributed by atoms with E-state index in [1.165, 1.54) is 103 Å². The number of rotatable bonds is 2. The lowest BCUT2D eigenvalue weighted by Crippen LogP contribution is -2.36. The van der Waals surface area contributed by atoms with Gasteiger partial charge in [0.05, 0.1) is 0 Å². The molecule has 1 amide bonds. The van der Waals surface area contributed by atoms with Gasteiger partial charge in [-0.1, -0.05) is 103 Å². The minimum Gasteiger partial charge on any atom is -0.294 e. The first-order valence-electron chi connectivity index (χ1n) is 11.3. The van der Waals surface area contributed by atoms with Crippen molar-refractivity contribution in [1.82, 2.24) is 5.43 Å². The molecule has 2 fully saturated rings. The van der Waals surface area contributed by atoms with Crippen LogP contribution in [0.15, 0.2) is 0 Å². The highest BCUT2D eigenvalue weighted by Gasteiger charge is 2.23. The summed E-state index contributed by atoms with van der Waals surface area (Å²) in [4.78, 5) is 12.0. The van der Waals surface area contributed by atoms with Crippen molar-refractivity contribution >= 4 is 5.91 Å². The first-order chi connectivity index (χ1) is 12.3. The Balaban J connectivity index is 1.90. The Bertz CT molecular complexity index is 348. The largest absolute Gasteiger partial charge is 0.294 e. The van der Waals surface area contributed by atoms with Gasteiger partial charge in [0.1, 0.15) is 0 Å². The van der Waals surface area contributed by atoms with Gasteiger partial charge < -0.3 is 0 Å². The fourth-order valence-electron chi connectivity index (χ4n) is 5.23. The number of amides is 1. The highest BCUT2D eigenvalue weighted by Crippen LogP contribution is 2.35. The summed E-state index contributed by atoms with van der Waals surface area (Å²) in [7, 11) is 0. The first-order valence-corrected chi connectivity index (χ1v) is 11.3. The van der Waals surface area contributed by atoms with Crippen molar-refractivity contribution in [3.63, 3.8) is 0 Å². The standard InChI is InChI=1S/C22H42N2O/c23-24-22(25)21-16-11-7-6-10-15-20(17-12-18-21)19-13-8-4-2-1-3-5-9-14-19/h19-21H,1-18,23H2,(H,24,25). The Kier molecular flexibility index (Phi) is 10.6. The van der Waals surface area contributed by atoms with Crippen molar-refractivity contribution in [2.24, 2.45) is 23.6 Å². The summed E-state index contributed by atoms with van der Waals surface area (Å²) in [6.45, 7) is 0. The number of carbonyl (C=O) groups is 1. The van der Waals surface area contributed by atoms with Crippen LogP contribution in [-0.4, -0.2) is 5.91 Å². The summed E-state index contributed by atoms with van der Waals surface area (Å²) >= 11 is 0. The molecule has 2 atom stereocenters. The molecule has 0 spiro atoms. The monoisotopic (exact) mass is 350 g/mol. The first kappa shape index (κ1) is 20.7. The van der Waals surface area contributed by atoms with Gasteiger partial charge >= 0.3 is 0 Å². The van der Waals surface area contributed by atoms with Crippen LogP contribution in [0.25, 0.3) is 0 Å². The maximum absolute atomic E-state index is 12.0. The van der Waals surface area contributed by atoms with E-state index in [1.807, 2.05) is 0 Å². The second-order valence-corrected chi connectivity index (χ2v) is 8.70. The number of carbonyl (C=O) groups excluding carboxylic acids is 1. The number of nitrogens with one attached hydrogen (secondary N) is 1. The maximum atomic E-state index is 12.0. The predicted octanol–water partition coefficient (Wildman–Crippen LogP) is 5.87. The van der Waals surface area contributed by atoms with Crippen molar-refractivity contribution in [3.05, 3.63) is 0 Å². The van der Waals surface area contributed by atoms with Crippen molar-refractivity contribution in [2.75, 3.05) is 0 Å². The van der Waals surface area contributed by atoms with E-state index in [1.54, 1.807) is 0 Å². The van der Waals surface area contributed by atoms with Crippen LogP contribution in [-0.2, 0) is 4.79 Å². The van der Waals surface area contributed by atoms with Gasteiger partial charge in [-0.3, -0.25) is 10.2 Å². The SMILES string of the molecule is NNC(=O)C1CCCCCCC(C2CCCCCCCCC2)CCC1. The number of hydrazine groups is 1. The molecule has 0 bridgehead atoms. The van der Waals surface area contributed by atoms with Crippen LogP contribution in [0, 0.1) is 17.8 Å². The zero-order valence-electron chi connectivity index (χ0n) is 16.4. The molecular formula is C22H42N2O. The van der Waals surface area contributed by atoms with E-state index in [-0.39, 0.29) is 11.8 Å². The zero-order chi connectivity index (χ0) is 17.7. The van der Waals surface area contributed by atoms with Crippen LogP contribution in [0.1, 0.15) is 116 Å². The lowest BCUT2D eigenvalue weighted by atomic mass is 9.77. The third-order valence-electron chi connectivity index (χ3n) is 6.83. The topological polar surface area (TPSA) is 55.1 Å². The van der Waals surface area contributed by atoms with Crippen LogP contribution in [0.5, 0.6) is 0 Å². The molecule has 2 aliphatic carbocycles. The average Bonchev–Trinajstić information content (AvgIpc) is 2.70. The number of hydrogen-bond donors (Lipinski definition) is 2. The van der Waals surface area contributed by atoms with E-state index in [9.17, 15) is 4.79 Å². The highest BCUT2D eigenvalue weighted by atomic mass is 16.2. The molecule has 0 heterocycles. The Labute approximate surface area is 155 Å². The Hall–Kier alpha value is -0.570. The normalized spacial score (nSPS) is 29.3. The molecule has 2 rings (SSSR count). The third-order valence-corrected chi connectivity index (χ3v) is 6.83. The number of hydrogen-bond acceptors (Lipinski definition) is 2. The fourth-order valence-corrected chi connectivity index (χ4v) is 5.23. The second-order valence-electron chi connectivity index (χ2n) is 8.70. The summed E-state index contributed by atoms with van der Waals surface area (Å²) in [5.74, 6) is 7.46. The minimum atomic E-state index is 0.0643. The second kappa shape index (κ2) is 12.7. The third kappa shape index (κ3) is 8.11. The number of nitrogens with two attached hydrogens (primary N) is 1. The maximum Gasteiger partial charge on any atom is 0.236 e. The van der Waals surface area contributed by atoms with E-state index >= 15 is 0 Å². The summed E-state index contributed by atoms with van der Waals surface area (Å²) in [6, 6.07) is 0. The Morgan fingerprint density at radius 2 is 0.920 bits per heavy atom. The lowest BCUT2D eigenvalue weighted by Gasteiger charge is -2.28. The predicted molar refractivity (Wildman–Crippen MR) is 106 cm³/mol. The molecule has 2 aliphatic rings. The van der Waals surface area contributed by atoms with E-state index < -0.39 is 0 Å². The molecule has 3 N–H and O–H groups in total. The summed E-state index contributed by atoms with van der Waals surface area (Å²) < 4.78 is 0. The molecular weight excluding hydrogens is 308 g/mol. The molecule has 0 aromatic heterocycles. The summed E-state index contributed by atoms with van der Waals surface area (Å²) in [5.41, 5.74) is 2.40. The van der Waals surface area contributed by atoms with E-state index in [4.69, 9.17) is 5.84 Å². The van der Waals surface area contributed by atoms with Crippen LogP contribution in [0.3, 0.4) is 0 Å². The van der Waals surface area contributed by atoms with Crippen LogP contribution < -0.4 is 11.3 Å². The summed E-state index contributed by atoms with van der Waals surface area (Å²) in [6.07, 6.45) is 24.3. The quantitative estimate of drug-likeness (QED) is 0.371. The van der Waals surface area contributed by atoms with Gasteiger partial charge in [-0.25, -0.2) is 5.84 Å². The van der Waals surface area contributed by atoms with Crippen LogP contribution >= 0.6 is 0 Å². The molecule has 0 saturated heterocycles. The Morgan fingerprint density at radius 3 is 1.40 bits per heavy atom. The molecule has 0 aliphatic heterocycles. The van der Waals surface area contributed by atoms with E-state index in [2.05, 4.69) is 5.43 Å². The molecule has 0 radical (unpaired) electrons. The molecule has 2 unspecified atom stereocenters.